The molecule has 19 heavy (non-hydrogen) atoms. The van der Waals surface area contributed by atoms with E-state index in [1.165, 1.54) is 11.3 Å². The average Bonchev–Trinajstić information content (AvgIpc) is 2.66. The molecule has 5 heteroatoms. The van der Waals surface area contributed by atoms with E-state index in [1.807, 2.05) is 40.7 Å². The quantitative estimate of drug-likeness (QED) is 0.891. The minimum Gasteiger partial charge on any atom is -0.351 e. The van der Waals surface area contributed by atoms with Crippen LogP contribution in [0.25, 0.3) is 0 Å². The fraction of sp³-hybridized carbons (Fsp3) is 0.571. The second-order valence-corrected chi connectivity index (χ2v) is 6.64. The molecule has 0 saturated carbocycles. The van der Waals surface area contributed by atoms with Crippen molar-refractivity contribution in [2.24, 2.45) is 5.41 Å². The van der Waals surface area contributed by atoms with Gasteiger partial charge < -0.3 is 10.6 Å². The predicted octanol–water partition coefficient (Wildman–Crippen LogP) is 3.18. The van der Waals surface area contributed by atoms with E-state index < -0.39 is 5.41 Å². The minimum atomic E-state index is -0.442. The van der Waals surface area contributed by atoms with Crippen LogP contribution in [0.15, 0.2) is 6.07 Å². The summed E-state index contributed by atoms with van der Waals surface area (Å²) < 4.78 is 0. The van der Waals surface area contributed by atoms with Crippen molar-refractivity contribution in [1.82, 2.24) is 5.32 Å². The summed E-state index contributed by atoms with van der Waals surface area (Å²) in [5.74, 6) is -0.116. The van der Waals surface area contributed by atoms with E-state index in [0.29, 0.717) is 11.4 Å². The topological polar surface area (TPSA) is 58.2 Å². The maximum absolute atomic E-state index is 11.9. The summed E-state index contributed by atoms with van der Waals surface area (Å²) >= 11 is 1.32. The van der Waals surface area contributed by atoms with Gasteiger partial charge in [-0.3, -0.25) is 9.59 Å². The molecule has 0 atom stereocenters. The lowest BCUT2D eigenvalue weighted by atomic mass is 9.96. The number of carbonyl (C=O) groups is 2. The third-order valence-electron chi connectivity index (χ3n) is 2.58. The third-order valence-corrected chi connectivity index (χ3v) is 3.73. The average molecular weight is 282 g/mol. The molecule has 0 aliphatic carbocycles. The van der Waals surface area contributed by atoms with Crippen LogP contribution < -0.4 is 10.6 Å². The van der Waals surface area contributed by atoms with Gasteiger partial charge >= 0.3 is 0 Å². The van der Waals surface area contributed by atoms with Gasteiger partial charge in [-0.1, -0.05) is 27.7 Å². The first-order valence-corrected chi connectivity index (χ1v) is 7.27. The monoisotopic (exact) mass is 282 g/mol. The Hall–Kier alpha value is -1.36. The maximum Gasteiger partial charge on any atom is 0.261 e. The number of anilines is 1. The van der Waals surface area contributed by atoms with E-state index in [-0.39, 0.29) is 11.8 Å². The summed E-state index contributed by atoms with van der Waals surface area (Å²) in [5.41, 5.74) is 0.450. The number of amides is 2. The van der Waals surface area contributed by atoms with Crippen molar-refractivity contribution in [1.29, 1.82) is 0 Å². The fourth-order valence-corrected chi connectivity index (χ4v) is 2.37. The first kappa shape index (κ1) is 15.7. The molecular formula is C14H22N2O2S. The highest BCUT2D eigenvalue weighted by Crippen LogP contribution is 2.28. The van der Waals surface area contributed by atoms with Crippen LogP contribution in [-0.4, -0.2) is 18.4 Å². The third kappa shape index (κ3) is 4.35. The van der Waals surface area contributed by atoms with Gasteiger partial charge in [-0.05, 0) is 25.0 Å². The van der Waals surface area contributed by atoms with Crippen LogP contribution in [0.1, 0.15) is 49.4 Å². The lowest BCUT2D eigenvalue weighted by Gasteiger charge is -2.16. The molecule has 0 aliphatic rings. The SMILES string of the molecule is CCCNC(=O)c1sc(NC(=O)C(C)(C)C)cc1C. The molecule has 1 aromatic rings. The van der Waals surface area contributed by atoms with Crippen molar-refractivity contribution in [2.45, 2.75) is 41.0 Å². The van der Waals surface area contributed by atoms with E-state index >= 15 is 0 Å². The van der Waals surface area contributed by atoms with Crippen LogP contribution in [0.2, 0.25) is 0 Å². The molecule has 0 aliphatic heterocycles. The summed E-state index contributed by atoms with van der Waals surface area (Å²) in [4.78, 5) is 24.5. The Morgan fingerprint density at radius 2 is 1.95 bits per heavy atom. The standard InChI is InChI=1S/C14H22N2O2S/c1-6-7-15-12(17)11-9(2)8-10(19-11)16-13(18)14(3,4)5/h8H,6-7H2,1-5H3,(H,15,17)(H,16,18). The predicted molar refractivity (Wildman–Crippen MR) is 79.8 cm³/mol. The molecule has 2 N–H and O–H groups in total. The van der Waals surface area contributed by atoms with Crippen LogP contribution in [0.5, 0.6) is 0 Å². The molecule has 0 unspecified atom stereocenters. The molecule has 1 aromatic heterocycles. The Morgan fingerprint density at radius 3 is 2.47 bits per heavy atom. The highest BCUT2D eigenvalue weighted by molar-refractivity contribution is 7.18. The van der Waals surface area contributed by atoms with Gasteiger partial charge in [0.05, 0.1) is 9.88 Å². The molecule has 2 amide bonds. The highest BCUT2D eigenvalue weighted by atomic mass is 32.1. The first-order chi connectivity index (χ1) is 8.75. The lowest BCUT2D eigenvalue weighted by Crippen LogP contribution is -2.27. The van der Waals surface area contributed by atoms with Gasteiger partial charge in [0.2, 0.25) is 5.91 Å². The Balaban J connectivity index is 2.79. The Kier molecular flexibility index (Phi) is 5.11. The normalized spacial score (nSPS) is 11.2. The smallest absolute Gasteiger partial charge is 0.261 e. The van der Waals surface area contributed by atoms with Crippen molar-refractivity contribution in [3.05, 3.63) is 16.5 Å². The molecule has 1 heterocycles. The van der Waals surface area contributed by atoms with Gasteiger partial charge in [-0.15, -0.1) is 11.3 Å². The number of hydrogen-bond acceptors (Lipinski definition) is 3. The van der Waals surface area contributed by atoms with Crippen molar-refractivity contribution >= 4 is 28.2 Å². The van der Waals surface area contributed by atoms with E-state index in [0.717, 1.165) is 17.0 Å². The second kappa shape index (κ2) is 6.19. The summed E-state index contributed by atoms with van der Waals surface area (Å²) in [6, 6.07) is 1.84. The highest BCUT2D eigenvalue weighted by Gasteiger charge is 2.22. The zero-order valence-electron chi connectivity index (χ0n) is 12.2. The number of thiophene rings is 1. The number of hydrogen-bond donors (Lipinski definition) is 2. The van der Waals surface area contributed by atoms with Crippen LogP contribution in [-0.2, 0) is 4.79 Å². The zero-order chi connectivity index (χ0) is 14.6. The second-order valence-electron chi connectivity index (χ2n) is 5.58. The number of carbonyl (C=O) groups excluding carboxylic acids is 2. The minimum absolute atomic E-state index is 0.0470. The molecule has 0 radical (unpaired) electrons. The molecule has 106 valence electrons. The summed E-state index contributed by atoms with van der Waals surface area (Å²) in [7, 11) is 0. The molecule has 0 spiro atoms. The van der Waals surface area contributed by atoms with Crippen LogP contribution >= 0.6 is 11.3 Å². The lowest BCUT2D eigenvalue weighted by molar-refractivity contribution is -0.123. The van der Waals surface area contributed by atoms with E-state index in [4.69, 9.17) is 0 Å². The van der Waals surface area contributed by atoms with Crippen molar-refractivity contribution < 1.29 is 9.59 Å². The summed E-state index contributed by atoms with van der Waals surface area (Å²) in [6.45, 7) is 10.1. The Labute approximate surface area is 118 Å². The van der Waals surface area contributed by atoms with E-state index in [1.54, 1.807) is 0 Å². The van der Waals surface area contributed by atoms with Crippen LogP contribution in [0.4, 0.5) is 5.00 Å². The van der Waals surface area contributed by atoms with Crippen molar-refractivity contribution in [3.8, 4) is 0 Å². The zero-order valence-corrected chi connectivity index (χ0v) is 13.0. The fourth-order valence-electron chi connectivity index (χ4n) is 1.39. The molecule has 0 bridgehead atoms. The summed E-state index contributed by atoms with van der Waals surface area (Å²) in [5, 5.41) is 6.42. The molecule has 0 saturated heterocycles. The molecule has 1 rings (SSSR count). The van der Waals surface area contributed by atoms with E-state index in [2.05, 4.69) is 10.6 Å². The molecule has 0 aromatic carbocycles. The van der Waals surface area contributed by atoms with Gasteiger partial charge in [0.15, 0.2) is 0 Å². The Bertz CT molecular complexity index is 472. The van der Waals surface area contributed by atoms with Crippen molar-refractivity contribution in [3.63, 3.8) is 0 Å². The van der Waals surface area contributed by atoms with Crippen molar-refractivity contribution in [2.75, 3.05) is 11.9 Å². The first-order valence-electron chi connectivity index (χ1n) is 6.45. The molecular weight excluding hydrogens is 260 g/mol. The van der Waals surface area contributed by atoms with E-state index in [9.17, 15) is 9.59 Å². The largest absolute Gasteiger partial charge is 0.351 e. The van der Waals surface area contributed by atoms with Gasteiger partial charge in [0, 0.05) is 12.0 Å². The number of rotatable bonds is 4. The summed E-state index contributed by atoms with van der Waals surface area (Å²) in [6.07, 6.45) is 0.907. The maximum atomic E-state index is 11.9. The Morgan fingerprint density at radius 1 is 1.32 bits per heavy atom. The van der Waals surface area contributed by atoms with Gasteiger partial charge in [-0.2, -0.15) is 0 Å². The van der Waals surface area contributed by atoms with Gasteiger partial charge in [0.25, 0.3) is 5.91 Å². The van der Waals surface area contributed by atoms with Crippen LogP contribution in [0.3, 0.4) is 0 Å². The number of nitrogens with one attached hydrogen (secondary N) is 2. The van der Waals surface area contributed by atoms with Crippen LogP contribution in [0, 0.1) is 12.3 Å². The van der Waals surface area contributed by atoms with Gasteiger partial charge in [-0.25, -0.2) is 0 Å². The van der Waals surface area contributed by atoms with Gasteiger partial charge in [0.1, 0.15) is 0 Å². The molecule has 0 fully saturated rings. The molecule has 4 nitrogen and oxygen atoms in total. The number of aryl methyl sites for hydroxylation is 1.